The molecule has 1 aliphatic rings. The molecular weight excluding hydrogens is 412 g/mol. The monoisotopic (exact) mass is 438 g/mol. The fraction of sp³-hybridized carbons (Fsp3) is 0.391. The Morgan fingerprint density at radius 2 is 2.00 bits per heavy atom. The molecule has 0 spiro atoms. The van der Waals surface area contributed by atoms with Crippen LogP contribution in [0.3, 0.4) is 0 Å². The summed E-state index contributed by atoms with van der Waals surface area (Å²) in [5.74, 6) is -0.275. The van der Waals surface area contributed by atoms with Crippen molar-refractivity contribution < 1.29 is 9.59 Å². The summed E-state index contributed by atoms with van der Waals surface area (Å²) in [6.07, 6.45) is 2.64. The van der Waals surface area contributed by atoms with Crippen LogP contribution in [-0.4, -0.2) is 21.6 Å². The minimum absolute atomic E-state index is 0.158. The smallest absolute Gasteiger partial charge is 0.277 e. The van der Waals surface area contributed by atoms with Gasteiger partial charge >= 0.3 is 0 Å². The topological polar surface area (TPSA) is 107 Å². The highest BCUT2D eigenvalue weighted by atomic mass is 32.1. The molecule has 0 unspecified atom stereocenters. The lowest BCUT2D eigenvalue weighted by molar-refractivity contribution is 0.1000. The van der Waals surface area contributed by atoms with Crippen LogP contribution in [0.25, 0.3) is 10.8 Å². The van der Waals surface area contributed by atoms with Crippen LogP contribution in [0.15, 0.2) is 29.1 Å². The number of fused-ring (bicyclic) bond motifs is 2. The van der Waals surface area contributed by atoms with E-state index >= 15 is 0 Å². The number of anilines is 1. The van der Waals surface area contributed by atoms with Crippen molar-refractivity contribution in [3.63, 3.8) is 0 Å². The first kappa shape index (κ1) is 21.2. The molecule has 0 aliphatic heterocycles. The average Bonchev–Trinajstić information content (AvgIpc) is 3.06. The van der Waals surface area contributed by atoms with Gasteiger partial charge in [0.05, 0.1) is 10.9 Å². The van der Waals surface area contributed by atoms with Crippen molar-refractivity contribution in [2.45, 2.75) is 46.6 Å². The number of aromatic nitrogens is 2. The zero-order valence-electron chi connectivity index (χ0n) is 17.9. The van der Waals surface area contributed by atoms with Crippen LogP contribution >= 0.6 is 11.3 Å². The summed E-state index contributed by atoms with van der Waals surface area (Å²) in [5, 5.41) is 8.65. The molecule has 8 heteroatoms. The predicted molar refractivity (Wildman–Crippen MR) is 123 cm³/mol. The maximum absolute atomic E-state index is 13.3. The SMILES string of the molecule is CC(C)Cn1nc(C(=O)Nc2sc3c(c2C(N)=O)CC[C@@H](C)C3)c2ccccc2c1=O. The van der Waals surface area contributed by atoms with E-state index in [1.165, 1.54) is 16.0 Å². The Balaban J connectivity index is 1.79. The highest BCUT2D eigenvalue weighted by molar-refractivity contribution is 7.17. The fourth-order valence-electron chi connectivity index (χ4n) is 4.13. The molecule has 0 saturated carbocycles. The van der Waals surface area contributed by atoms with Crippen LogP contribution in [-0.2, 0) is 19.4 Å². The van der Waals surface area contributed by atoms with Crippen LogP contribution in [0.4, 0.5) is 5.00 Å². The maximum Gasteiger partial charge on any atom is 0.277 e. The molecule has 162 valence electrons. The van der Waals surface area contributed by atoms with Crippen molar-refractivity contribution in [2.75, 3.05) is 5.32 Å². The second-order valence-electron chi connectivity index (χ2n) is 8.65. The molecule has 1 atom stereocenters. The summed E-state index contributed by atoms with van der Waals surface area (Å²) in [6, 6.07) is 6.96. The fourth-order valence-corrected chi connectivity index (χ4v) is 5.55. The van der Waals surface area contributed by atoms with Gasteiger partial charge in [0, 0.05) is 16.8 Å². The predicted octanol–water partition coefficient (Wildman–Crippen LogP) is 3.59. The van der Waals surface area contributed by atoms with E-state index in [4.69, 9.17) is 5.73 Å². The number of thiophene rings is 1. The van der Waals surface area contributed by atoms with Gasteiger partial charge < -0.3 is 11.1 Å². The van der Waals surface area contributed by atoms with Gasteiger partial charge in [-0.1, -0.05) is 39.0 Å². The van der Waals surface area contributed by atoms with Gasteiger partial charge in [0.1, 0.15) is 5.00 Å². The maximum atomic E-state index is 13.3. The number of hydrogen-bond acceptors (Lipinski definition) is 5. The number of nitrogens with two attached hydrogens (primary N) is 1. The van der Waals surface area contributed by atoms with E-state index in [1.807, 2.05) is 13.8 Å². The third-order valence-corrected chi connectivity index (χ3v) is 6.78. The molecule has 4 rings (SSSR count). The minimum Gasteiger partial charge on any atom is -0.365 e. The Labute approximate surface area is 184 Å². The van der Waals surface area contributed by atoms with Gasteiger partial charge in [0.15, 0.2) is 5.69 Å². The van der Waals surface area contributed by atoms with Crippen LogP contribution in [0.2, 0.25) is 0 Å². The van der Waals surface area contributed by atoms with Gasteiger partial charge in [-0.15, -0.1) is 11.3 Å². The van der Waals surface area contributed by atoms with E-state index in [9.17, 15) is 14.4 Å². The van der Waals surface area contributed by atoms with Crippen molar-refractivity contribution in [1.29, 1.82) is 0 Å². The standard InChI is InChI=1S/C23H26N4O3S/c1-12(2)11-27-23(30)15-7-5-4-6-14(15)19(26-27)21(29)25-22-18(20(24)28)16-9-8-13(3)10-17(16)31-22/h4-7,12-13H,8-11H2,1-3H3,(H2,24,28)(H,25,29)/t13-/m1/s1. The largest absolute Gasteiger partial charge is 0.365 e. The number of benzene rings is 1. The highest BCUT2D eigenvalue weighted by Gasteiger charge is 2.28. The molecule has 31 heavy (non-hydrogen) atoms. The number of primary amides is 1. The van der Waals surface area contributed by atoms with Crippen molar-refractivity contribution in [3.8, 4) is 0 Å². The summed E-state index contributed by atoms with van der Waals surface area (Å²) in [7, 11) is 0. The normalized spacial score (nSPS) is 15.8. The minimum atomic E-state index is -0.537. The molecular formula is C23H26N4O3S. The van der Waals surface area contributed by atoms with Crippen molar-refractivity contribution in [1.82, 2.24) is 9.78 Å². The van der Waals surface area contributed by atoms with Crippen LogP contribution in [0, 0.1) is 11.8 Å². The van der Waals surface area contributed by atoms with E-state index in [1.54, 1.807) is 24.3 Å². The molecule has 0 saturated heterocycles. The first-order chi connectivity index (χ1) is 14.8. The summed E-state index contributed by atoms with van der Waals surface area (Å²) in [4.78, 5) is 39.4. The van der Waals surface area contributed by atoms with E-state index in [0.717, 1.165) is 29.7 Å². The van der Waals surface area contributed by atoms with Crippen LogP contribution < -0.4 is 16.6 Å². The van der Waals surface area contributed by atoms with Crippen LogP contribution in [0.5, 0.6) is 0 Å². The van der Waals surface area contributed by atoms with E-state index in [-0.39, 0.29) is 17.2 Å². The molecule has 0 radical (unpaired) electrons. The quantitative estimate of drug-likeness (QED) is 0.635. The van der Waals surface area contributed by atoms with Gasteiger partial charge in [-0.3, -0.25) is 14.4 Å². The van der Waals surface area contributed by atoms with Crippen LogP contribution in [0.1, 0.15) is 58.5 Å². The highest BCUT2D eigenvalue weighted by Crippen LogP contribution is 2.39. The van der Waals surface area contributed by atoms with Gasteiger partial charge in [-0.05, 0) is 42.7 Å². The van der Waals surface area contributed by atoms with Gasteiger partial charge in [0.2, 0.25) is 0 Å². The molecule has 2 amide bonds. The Morgan fingerprint density at radius 3 is 2.68 bits per heavy atom. The van der Waals surface area contributed by atoms with Gasteiger partial charge in [-0.25, -0.2) is 4.68 Å². The lowest BCUT2D eigenvalue weighted by Crippen LogP contribution is -2.29. The number of rotatable bonds is 5. The average molecular weight is 439 g/mol. The second kappa shape index (κ2) is 8.26. The number of nitrogens with one attached hydrogen (secondary N) is 1. The number of hydrogen-bond donors (Lipinski definition) is 2. The van der Waals surface area contributed by atoms with Gasteiger partial charge in [-0.2, -0.15) is 5.10 Å². The van der Waals surface area contributed by atoms with Crippen molar-refractivity contribution in [2.24, 2.45) is 17.6 Å². The molecule has 2 aromatic heterocycles. The molecule has 0 bridgehead atoms. The van der Waals surface area contributed by atoms with E-state index in [2.05, 4.69) is 17.3 Å². The third kappa shape index (κ3) is 3.99. The summed E-state index contributed by atoms with van der Waals surface area (Å²) >= 11 is 1.41. The Hall–Kier alpha value is -3.00. The third-order valence-electron chi connectivity index (χ3n) is 5.61. The zero-order chi connectivity index (χ0) is 22.3. The van der Waals surface area contributed by atoms with Crippen molar-refractivity contribution in [3.05, 3.63) is 56.3 Å². The summed E-state index contributed by atoms with van der Waals surface area (Å²) in [6.45, 7) is 6.55. The molecule has 0 fully saturated rings. The lowest BCUT2D eigenvalue weighted by Gasteiger charge is -2.18. The number of amides is 2. The Morgan fingerprint density at radius 1 is 1.29 bits per heavy atom. The molecule has 1 aliphatic carbocycles. The number of nitrogens with zero attached hydrogens (tertiary/aromatic N) is 2. The van der Waals surface area contributed by atoms with E-state index in [0.29, 0.717) is 33.8 Å². The zero-order valence-corrected chi connectivity index (χ0v) is 18.7. The Kier molecular flexibility index (Phi) is 5.66. The number of carbonyl (C=O) groups is 2. The molecule has 3 N–H and O–H groups in total. The van der Waals surface area contributed by atoms with E-state index < -0.39 is 11.8 Å². The molecule has 7 nitrogen and oxygen atoms in total. The first-order valence-corrected chi connectivity index (χ1v) is 11.3. The molecule has 2 heterocycles. The first-order valence-electron chi connectivity index (χ1n) is 10.5. The molecule has 3 aromatic rings. The summed E-state index contributed by atoms with van der Waals surface area (Å²) < 4.78 is 1.35. The lowest BCUT2D eigenvalue weighted by atomic mass is 9.88. The number of carbonyl (C=O) groups excluding carboxylic acids is 2. The second-order valence-corrected chi connectivity index (χ2v) is 9.75. The van der Waals surface area contributed by atoms with Gasteiger partial charge in [0.25, 0.3) is 17.4 Å². The summed E-state index contributed by atoms with van der Waals surface area (Å²) in [5.41, 5.74) is 6.97. The molecule has 1 aromatic carbocycles. The Bertz CT molecular complexity index is 1240. The van der Waals surface area contributed by atoms with Crippen molar-refractivity contribution >= 4 is 38.9 Å².